The molecule has 0 unspecified atom stereocenters. The molecule has 0 atom stereocenters. The molecule has 0 aromatic heterocycles. The molecule has 0 saturated heterocycles. The van der Waals surface area contributed by atoms with E-state index in [1.807, 2.05) is 0 Å². The molecule has 0 spiro atoms. The van der Waals surface area contributed by atoms with Gasteiger partial charge in [0.25, 0.3) is 0 Å². The summed E-state index contributed by atoms with van der Waals surface area (Å²) >= 11 is -4.49. The Morgan fingerprint density at radius 1 is 0.333 bits per heavy atom. The zero-order valence-electron chi connectivity index (χ0n) is 23.5. The van der Waals surface area contributed by atoms with E-state index in [4.69, 9.17) is 0 Å². The Hall–Kier alpha value is -3.00. The Bertz CT molecular complexity index is 1670. The van der Waals surface area contributed by atoms with Crippen LogP contribution in [0.4, 0.5) is 0 Å². The Balaban J connectivity index is 0.00000158. The normalized spacial score (nSPS) is 14.3. The molecule has 0 bridgehead atoms. The van der Waals surface area contributed by atoms with E-state index in [2.05, 4.69) is 158 Å². The van der Waals surface area contributed by atoms with E-state index >= 15 is 0 Å². The topological polar surface area (TPSA) is 0 Å². The van der Waals surface area contributed by atoms with Crippen LogP contribution in [0.1, 0.15) is 29.5 Å². The second-order valence-electron chi connectivity index (χ2n) is 11.9. The minimum absolute atomic E-state index is 0. The summed E-state index contributed by atoms with van der Waals surface area (Å²) in [6, 6.07) is 60.8. The molecule has 0 fully saturated rings. The van der Waals surface area contributed by atoms with Gasteiger partial charge in [-0.25, -0.2) is 0 Å². The standard InChI is InChI=1S/2C13H9.2C6H5.2ClH.H3Si.Zr/c2*1-3-7-12-10(5-1)9-11-6-2-4-8-13(11)12;2*1-2-4-6-5-3-1;;;;/h2*1-9H;2*1-5H;2*1H;1H3;. The molecule has 2 aliphatic carbocycles. The van der Waals surface area contributed by atoms with Crippen molar-refractivity contribution in [3.8, 4) is 22.3 Å². The van der Waals surface area contributed by atoms with E-state index in [9.17, 15) is 0 Å². The summed E-state index contributed by atoms with van der Waals surface area (Å²) in [4.78, 5) is 0. The van der Waals surface area contributed by atoms with Crippen molar-refractivity contribution in [2.45, 2.75) is 7.25 Å². The summed E-state index contributed by atoms with van der Waals surface area (Å²) in [7, 11) is 1.09. The summed E-state index contributed by atoms with van der Waals surface area (Å²) in [5.74, 6) is 0. The van der Waals surface area contributed by atoms with Crippen LogP contribution >= 0.6 is 24.8 Å². The summed E-state index contributed by atoms with van der Waals surface area (Å²) < 4.78 is 3.92. The second-order valence-corrected chi connectivity index (χ2v) is 39.9. The maximum atomic E-state index is 2.50. The summed E-state index contributed by atoms with van der Waals surface area (Å²) in [6.07, 6.45) is 0. The van der Waals surface area contributed by atoms with Crippen LogP contribution in [0.5, 0.6) is 0 Å². The van der Waals surface area contributed by atoms with Gasteiger partial charge in [-0.15, -0.1) is 24.8 Å². The Kier molecular flexibility index (Phi) is 7.57. The number of hydrogen-bond donors (Lipinski definition) is 0. The number of fused-ring (bicyclic) bond motifs is 6. The average molecular weight is 680 g/mol. The van der Waals surface area contributed by atoms with Crippen LogP contribution in [-0.4, -0.2) is 7.37 Å². The van der Waals surface area contributed by atoms with Crippen molar-refractivity contribution in [3.63, 3.8) is 0 Å². The number of hydrogen-bond acceptors (Lipinski definition) is 0. The minimum atomic E-state index is -4.49. The van der Waals surface area contributed by atoms with E-state index in [1.54, 1.807) is 6.54 Å². The number of rotatable bonds is 4. The van der Waals surface area contributed by atoms with Crippen molar-refractivity contribution in [2.75, 3.05) is 0 Å². The molecule has 0 aliphatic heterocycles. The quantitative estimate of drug-likeness (QED) is 0.166. The third-order valence-electron chi connectivity index (χ3n) is 10.2. The molecular weight excluding hydrogens is 647 g/mol. The van der Waals surface area contributed by atoms with E-state index < -0.39 is 17.9 Å². The molecule has 0 N–H and O–H groups in total. The first kappa shape index (κ1) is 29.1. The van der Waals surface area contributed by atoms with Gasteiger partial charge in [0, 0.05) is 0 Å². The van der Waals surface area contributed by atoms with Crippen LogP contribution in [0.15, 0.2) is 158 Å². The van der Waals surface area contributed by atoms with Crippen LogP contribution in [0.3, 0.4) is 0 Å². The van der Waals surface area contributed by atoms with Crippen LogP contribution < -0.4 is 6.54 Å². The van der Waals surface area contributed by atoms with Crippen LogP contribution in [0.25, 0.3) is 22.3 Å². The summed E-state index contributed by atoms with van der Waals surface area (Å²) in [6.45, 7) is 0. The van der Waals surface area contributed by atoms with Crippen LogP contribution in [0, 0.1) is 0 Å². The number of benzene rings is 6. The van der Waals surface area contributed by atoms with Gasteiger partial charge in [0.05, 0.1) is 0 Å². The SMILES string of the molecule is Cl.Cl.[SiH3][Zr]([c]1ccccc1)([c]1ccccc1)([CH]1c2ccccc2-c2ccccc21)[CH]1c2ccccc2-c2ccccc21. The Labute approximate surface area is 264 Å². The molecule has 0 nitrogen and oxygen atoms in total. The van der Waals surface area contributed by atoms with E-state index in [-0.39, 0.29) is 24.8 Å². The molecule has 0 saturated carbocycles. The first-order valence-electron chi connectivity index (χ1n) is 14.4. The molecule has 8 rings (SSSR count). The van der Waals surface area contributed by atoms with Gasteiger partial charge in [0.15, 0.2) is 0 Å². The Morgan fingerprint density at radius 3 is 0.857 bits per heavy atom. The van der Waals surface area contributed by atoms with Crippen molar-refractivity contribution in [1.29, 1.82) is 0 Å². The molecular formula is C38H33Cl2SiZr. The maximum absolute atomic E-state index is 4.49. The molecule has 0 amide bonds. The Morgan fingerprint density at radius 2 is 0.571 bits per heavy atom. The van der Waals surface area contributed by atoms with Gasteiger partial charge in [-0.3, -0.25) is 0 Å². The monoisotopic (exact) mass is 677 g/mol. The molecule has 6 aromatic carbocycles. The molecule has 207 valence electrons. The summed E-state index contributed by atoms with van der Waals surface area (Å²) in [5, 5.41) is 0. The first-order valence-corrected chi connectivity index (χ1v) is 28.0. The number of halogens is 2. The van der Waals surface area contributed by atoms with Crippen molar-refractivity contribution < 1.29 is 17.9 Å². The van der Waals surface area contributed by atoms with Gasteiger partial charge < -0.3 is 0 Å². The van der Waals surface area contributed by atoms with Crippen molar-refractivity contribution in [3.05, 3.63) is 180 Å². The van der Waals surface area contributed by atoms with Crippen molar-refractivity contribution >= 4 is 38.7 Å². The molecule has 4 heteroatoms. The zero-order chi connectivity index (χ0) is 26.8. The van der Waals surface area contributed by atoms with E-state index in [1.165, 1.54) is 44.5 Å². The van der Waals surface area contributed by atoms with Gasteiger partial charge in [-0.2, -0.15) is 0 Å². The van der Waals surface area contributed by atoms with Gasteiger partial charge in [-0.05, 0) is 0 Å². The van der Waals surface area contributed by atoms with Crippen molar-refractivity contribution in [1.82, 2.24) is 0 Å². The third kappa shape index (κ3) is 3.76. The van der Waals surface area contributed by atoms with Gasteiger partial charge in [-0.1, -0.05) is 0 Å². The van der Waals surface area contributed by atoms with Gasteiger partial charge in [0.1, 0.15) is 0 Å². The molecule has 0 radical (unpaired) electrons. The average Bonchev–Trinajstić information content (AvgIpc) is 3.56. The summed E-state index contributed by atoms with van der Waals surface area (Å²) in [5.41, 5.74) is 11.8. The van der Waals surface area contributed by atoms with Gasteiger partial charge in [0.2, 0.25) is 0 Å². The van der Waals surface area contributed by atoms with Crippen molar-refractivity contribution in [2.24, 2.45) is 0 Å². The van der Waals surface area contributed by atoms with Crippen LogP contribution in [-0.2, 0) is 17.9 Å². The van der Waals surface area contributed by atoms with E-state index in [0.717, 1.165) is 7.37 Å². The van der Waals surface area contributed by atoms with Gasteiger partial charge >= 0.3 is 241 Å². The fourth-order valence-electron chi connectivity index (χ4n) is 8.68. The fraction of sp³-hybridized carbons (Fsp3) is 0.0526. The predicted molar refractivity (Wildman–Crippen MR) is 184 cm³/mol. The molecule has 42 heavy (non-hydrogen) atoms. The van der Waals surface area contributed by atoms with Crippen LogP contribution in [0.2, 0.25) is 0 Å². The third-order valence-corrected chi connectivity index (χ3v) is 43.4. The van der Waals surface area contributed by atoms with E-state index in [0.29, 0.717) is 7.25 Å². The fourth-order valence-corrected chi connectivity index (χ4v) is 40.5. The zero-order valence-corrected chi connectivity index (χ0v) is 29.6. The molecule has 6 aromatic rings. The first-order chi connectivity index (χ1) is 19.7. The molecule has 0 heterocycles. The second kappa shape index (κ2) is 10.9. The molecule has 2 aliphatic rings. The predicted octanol–water partition coefficient (Wildman–Crippen LogP) is 7.99.